The summed E-state index contributed by atoms with van der Waals surface area (Å²) < 4.78 is 46.1. The van der Waals surface area contributed by atoms with Crippen LogP contribution in [-0.2, 0) is 14.8 Å². The number of morpholine rings is 1. The van der Waals surface area contributed by atoms with Gasteiger partial charge in [0, 0.05) is 19.2 Å². The number of rotatable bonds is 4. The summed E-state index contributed by atoms with van der Waals surface area (Å²) in [6.07, 6.45) is -0.0384. The van der Waals surface area contributed by atoms with Gasteiger partial charge in [0.15, 0.2) is 23.1 Å². The van der Waals surface area contributed by atoms with E-state index >= 15 is 0 Å². The van der Waals surface area contributed by atoms with E-state index in [9.17, 15) is 8.42 Å². The molecule has 1 saturated heterocycles. The summed E-state index contributed by atoms with van der Waals surface area (Å²) >= 11 is 0. The first-order valence-corrected chi connectivity index (χ1v) is 12.0. The van der Waals surface area contributed by atoms with Gasteiger partial charge in [0.1, 0.15) is 13.2 Å². The summed E-state index contributed by atoms with van der Waals surface area (Å²) in [6.45, 7) is 5.93. The Hall–Kier alpha value is -3.11. The molecule has 2 unspecified atom stereocenters. The van der Waals surface area contributed by atoms with Crippen LogP contribution in [0.25, 0.3) is 11.0 Å². The number of fused-ring (bicyclic) bond motifs is 2. The lowest BCUT2D eigenvalue weighted by molar-refractivity contribution is -0.00540. The molecule has 0 saturated carbocycles. The van der Waals surface area contributed by atoms with Gasteiger partial charge in [-0.25, -0.2) is 18.4 Å². The van der Waals surface area contributed by atoms with Gasteiger partial charge in [0.2, 0.25) is 0 Å². The maximum absolute atomic E-state index is 13.3. The molecule has 32 heavy (non-hydrogen) atoms. The highest BCUT2D eigenvalue weighted by atomic mass is 32.2. The Morgan fingerprint density at radius 2 is 1.59 bits per heavy atom. The Morgan fingerprint density at radius 1 is 0.938 bits per heavy atom. The fourth-order valence-electron chi connectivity index (χ4n) is 4.01. The predicted molar refractivity (Wildman–Crippen MR) is 120 cm³/mol. The first-order chi connectivity index (χ1) is 15.4. The zero-order valence-corrected chi connectivity index (χ0v) is 18.6. The Morgan fingerprint density at radius 3 is 2.31 bits per heavy atom. The van der Waals surface area contributed by atoms with Crippen LogP contribution in [0.15, 0.2) is 47.4 Å². The van der Waals surface area contributed by atoms with E-state index in [-0.39, 0.29) is 22.9 Å². The molecule has 2 atom stereocenters. The summed E-state index contributed by atoms with van der Waals surface area (Å²) in [5.74, 6) is 1.59. The minimum Gasteiger partial charge on any atom is -0.486 e. The number of hydrogen-bond donors (Lipinski definition) is 1. The quantitative estimate of drug-likeness (QED) is 0.639. The molecule has 0 bridgehead atoms. The number of aromatic nitrogens is 2. The van der Waals surface area contributed by atoms with E-state index in [4.69, 9.17) is 19.2 Å². The third kappa shape index (κ3) is 4.03. The molecule has 168 valence electrons. The Bertz CT molecular complexity index is 1260. The number of sulfonamides is 1. The van der Waals surface area contributed by atoms with Crippen LogP contribution in [-0.4, -0.2) is 56.9 Å². The van der Waals surface area contributed by atoms with Crippen molar-refractivity contribution in [2.75, 3.05) is 35.9 Å². The van der Waals surface area contributed by atoms with Gasteiger partial charge >= 0.3 is 0 Å². The highest BCUT2D eigenvalue weighted by Gasteiger charge is 2.28. The molecule has 0 spiro atoms. The molecule has 1 fully saturated rings. The molecule has 10 heteroatoms. The molecule has 3 aromatic rings. The zero-order valence-electron chi connectivity index (χ0n) is 17.8. The average Bonchev–Trinajstić information content (AvgIpc) is 2.77. The van der Waals surface area contributed by atoms with Gasteiger partial charge < -0.3 is 19.1 Å². The van der Waals surface area contributed by atoms with Crippen molar-refractivity contribution in [3.8, 4) is 11.5 Å². The SMILES string of the molecule is CC1CN(c2nc3ccccc3nc2NS(=O)(=O)c2ccc3c(c2)OCCO3)CC(C)O1. The van der Waals surface area contributed by atoms with Crippen LogP contribution < -0.4 is 19.1 Å². The second-order valence-electron chi connectivity index (χ2n) is 7.96. The first-order valence-electron chi connectivity index (χ1n) is 10.5. The molecule has 5 rings (SSSR count). The van der Waals surface area contributed by atoms with E-state index in [1.807, 2.05) is 36.9 Å². The van der Waals surface area contributed by atoms with Crippen molar-refractivity contribution in [3.05, 3.63) is 42.5 Å². The second-order valence-corrected chi connectivity index (χ2v) is 9.64. The van der Waals surface area contributed by atoms with Crippen LogP contribution in [0.4, 0.5) is 11.6 Å². The van der Waals surface area contributed by atoms with E-state index in [2.05, 4.69) is 9.71 Å². The molecule has 0 radical (unpaired) electrons. The number of benzene rings is 2. The lowest BCUT2D eigenvalue weighted by Gasteiger charge is -2.36. The third-order valence-corrected chi connectivity index (χ3v) is 6.66. The van der Waals surface area contributed by atoms with Crippen molar-refractivity contribution in [3.63, 3.8) is 0 Å². The smallest absolute Gasteiger partial charge is 0.263 e. The summed E-state index contributed by atoms with van der Waals surface area (Å²) in [5.41, 5.74) is 1.29. The van der Waals surface area contributed by atoms with Gasteiger partial charge in [-0.05, 0) is 38.1 Å². The molecule has 0 amide bonds. The Kier molecular flexibility index (Phi) is 5.26. The van der Waals surface area contributed by atoms with Gasteiger partial charge in [-0.3, -0.25) is 4.72 Å². The molecular weight excluding hydrogens is 432 g/mol. The Balaban J connectivity index is 1.55. The van der Waals surface area contributed by atoms with Crippen molar-refractivity contribution < 1.29 is 22.6 Å². The van der Waals surface area contributed by atoms with Crippen LogP contribution in [0.3, 0.4) is 0 Å². The van der Waals surface area contributed by atoms with Crippen molar-refractivity contribution >= 4 is 32.7 Å². The van der Waals surface area contributed by atoms with Gasteiger partial charge in [-0.1, -0.05) is 12.1 Å². The van der Waals surface area contributed by atoms with E-state index < -0.39 is 10.0 Å². The number of hydrogen-bond acceptors (Lipinski definition) is 8. The van der Waals surface area contributed by atoms with Crippen molar-refractivity contribution in [2.45, 2.75) is 31.0 Å². The van der Waals surface area contributed by atoms with Crippen molar-refractivity contribution in [1.29, 1.82) is 0 Å². The number of nitrogens with zero attached hydrogens (tertiary/aromatic N) is 3. The van der Waals surface area contributed by atoms with E-state index in [0.717, 1.165) is 0 Å². The van der Waals surface area contributed by atoms with Crippen LogP contribution in [0.1, 0.15) is 13.8 Å². The summed E-state index contributed by atoms with van der Waals surface area (Å²) in [4.78, 5) is 11.4. The predicted octanol–water partition coefficient (Wildman–Crippen LogP) is 2.82. The molecule has 2 aliphatic heterocycles. The fourth-order valence-corrected chi connectivity index (χ4v) is 5.03. The lowest BCUT2D eigenvalue weighted by Crippen LogP contribution is -2.46. The molecule has 2 aliphatic rings. The van der Waals surface area contributed by atoms with Crippen molar-refractivity contribution in [1.82, 2.24) is 9.97 Å². The van der Waals surface area contributed by atoms with Crippen LogP contribution >= 0.6 is 0 Å². The number of nitrogens with one attached hydrogen (secondary N) is 1. The first kappa shape index (κ1) is 20.8. The van der Waals surface area contributed by atoms with Crippen LogP contribution in [0, 0.1) is 0 Å². The molecular formula is C22H24N4O5S. The largest absolute Gasteiger partial charge is 0.486 e. The summed E-state index contributed by atoms with van der Waals surface area (Å²) in [5, 5.41) is 0. The van der Waals surface area contributed by atoms with E-state index in [1.165, 1.54) is 12.1 Å². The fraction of sp³-hybridized carbons (Fsp3) is 0.364. The van der Waals surface area contributed by atoms with Gasteiger partial charge in [-0.15, -0.1) is 0 Å². The minimum absolute atomic E-state index is 0.0192. The van der Waals surface area contributed by atoms with E-state index in [0.29, 0.717) is 54.7 Å². The molecule has 3 heterocycles. The maximum Gasteiger partial charge on any atom is 0.263 e. The molecule has 0 aliphatic carbocycles. The number of ether oxygens (including phenoxy) is 3. The molecule has 2 aromatic carbocycles. The Labute approximate surface area is 186 Å². The monoisotopic (exact) mass is 456 g/mol. The highest BCUT2D eigenvalue weighted by Crippen LogP contribution is 2.34. The maximum atomic E-state index is 13.3. The lowest BCUT2D eigenvalue weighted by atomic mass is 10.2. The number of para-hydroxylation sites is 2. The average molecular weight is 457 g/mol. The van der Waals surface area contributed by atoms with Gasteiger partial charge in [0.25, 0.3) is 10.0 Å². The van der Waals surface area contributed by atoms with Crippen LogP contribution in [0.5, 0.6) is 11.5 Å². The summed E-state index contributed by atoms with van der Waals surface area (Å²) in [7, 11) is -3.95. The van der Waals surface area contributed by atoms with E-state index in [1.54, 1.807) is 12.1 Å². The minimum atomic E-state index is -3.95. The number of anilines is 2. The highest BCUT2D eigenvalue weighted by molar-refractivity contribution is 7.92. The topological polar surface area (TPSA) is 103 Å². The standard InChI is InChI=1S/C22H24N4O5S/c1-14-12-26(13-15(2)31-14)22-21(23-17-5-3-4-6-18(17)24-22)25-32(27,28)16-7-8-19-20(11-16)30-10-9-29-19/h3-8,11,14-15H,9-10,12-13H2,1-2H3,(H,23,25). The molecule has 1 aromatic heterocycles. The van der Waals surface area contributed by atoms with Crippen LogP contribution in [0.2, 0.25) is 0 Å². The zero-order chi connectivity index (χ0) is 22.3. The van der Waals surface area contributed by atoms with Crippen molar-refractivity contribution in [2.24, 2.45) is 0 Å². The normalized spacial score (nSPS) is 20.9. The third-order valence-electron chi connectivity index (χ3n) is 5.33. The second kappa shape index (κ2) is 8.10. The summed E-state index contributed by atoms with van der Waals surface area (Å²) in [6, 6.07) is 11.9. The molecule has 9 nitrogen and oxygen atoms in total. The molecule has 1 N–H and O–H groups in total. The van der Waals surface area contributed by atoms with Gasteiger partial charge in [-0.2, -0.15) is 0 Å². The van der Waals surface area contributed by atoms with Gasteiger partial charge in [0.05, 0.1) is 28.1 Å².